The molecule has 0 aliphatic carbocycles. The van der Waals surface area contributed by atoms with Crippen molar-refractivity contribution in [2.45, 2.75) is 46.1 Å². The highest BCUT2D eigenvalue weighted by Gasteiger charge is 2.14. The fourth-order valence-corrected chi connectivity index (χ4v) is 2.26. The second-order valence-corrected chi connectivity index (χ2v) is 4.98. The summed E-state index contributed by atoms with van der Waals surface area (Å²) in [5.74, 6) is 0.858. The van der Waals surface area contributed by atoms with E-state index >= 15 is 0 Å². The van der Waals surface area contributed by atoms with E-state index in [4.69, 9.17) is 0 Å². The Hall–Kier alpha value is -1.65. The Morgan fingerprint density at radius 2 is 2.05 bits per heavy atom. The summed E-state index contributed by atoms with van der Waals surface area (Å²) in [5, 5.41) is 2.86. The number of nitrogens with one attached hydrogen (secondary N) is 1. The van der Waals surface area contributed by atoms with E-state index in [-0.39, 0.29) is 5.91 Å². The summed E-state index contributed by atoms with van der Waals surface area (Å²) in [6.45, 7) is 6.37. The van der Waals surface area contributed by atoms with Crippen LogP contribution in [-0.2, 0) is 11.3 Å². The maximum absolute atomic E-state index is 11.3. The van der Waals surface area contributed by atoms with Gasteiger partial charge in [-0.15, -0.1) is 0 Å². The van der Waals surface area contributed by atoms with Gasteiger partial charge in [-0.3, -0.25) is 4.79 Å². The summed E-state index contributed by atoms with van der Waals surface area (Å²) in [6, 6.07) is 1.93. The monoisotopic (exact) mass is 262 g/mol. The smallest absolute Gasteiger partial charge is 0.225 e. The number of hydrogen-bond donors (Lipinski definition) is 1. The van der Waals surface area contributed by atoms with Crippen LogP contribution in [0.15, 0.2) is 6.07 Å². The van der Waals surface area contributed by atoms with Gasteiger partial charge in [0.25, 0.3) is 0 Å². The molecule has 2 heterocycles. The summed E-state index contributed by atoms with van der Waals surface area (Å²) in [7, 11) is 0. The second-order valence-electron chi connectivity index (χ2n) is 4.98. The van der Waals surface area contributed by atoms with Crippen LogP contribution in [0.3, 0.4) is 0 Å². The molecule has 5 heteroatoms. The SMILES string of the molecule is CCC(=O)NCc1cc(C)nc(N2CCCCC2)n1. The van der Waals surface area contributed by atoms with Gasteiger partial charge >= 0.3 is 0 Å². The molecule has 0 radical (unpaired) electrons. The molecule has 1 amide bonds. The van der Waals surface area contributed by atoms with Gasteiger partial charge in [-0.1, -0.05) is 6.92 Å². The van der Waals surface area contributed by atoms with Crippen LogP contribution in [0.25, 0.3) is 0 Å². The van der Waals surface area contributed by atoms with Gasteiger partial charge in [0.15, 0.2) is 0 Å². The third-order valence-corrected chi connectivity index (χ3v) is 3.32. The Morgan fingerprint density at radius 1 is 1.32 bits per heavy atom. The molecule has 0 bridgehead atoms. The van der Waals surface area contributed by atoms with Gasteiger partial charge < -0.3 is 10.2 Å². The van der Waals surface area contributed by atoms with Crippen molar-refractivity contribution in [3.05, 3.63) is 17.5 Å². The van der Waals surface area contributed by atoms with E-state index in [1.165, 1.54) is 19.3 Å². The highest BCUT2D eigenvalue weighted by Crippen LogP contribution is 2.16. The molecule has 0 spiro atoms. The van der Waals surface area contributed by atoms with Crippen molar-refractivity contribution < 1.29 is 4.79 Å². The van der Waals surface area contributed by atoms with Crippen molar-refractivity contribution in [2.75, 3.05) is 18.0 Å². The molecular weight excluding hydrogens is 240 g/mol. The molecule has 1 fully saturated rings. The zero-order valence-electron chi connectivity index (χ0n) is 11.8. The van der Waals surface area contributed by atoms with Crippen LogP contribution in [0.4, 0.5) is 5.95 Å². The molecule has 1 aliphatic heterocycles. The Morgan fingerprint density at radius 3 is 2.74 bits per heavy atom. The number of amides is 1. The van der Waals surface area contributed by atoms with Gasteiger partial charge in [0.1, 0.15) is 0 Å². The van der Waals surface area contributed by atoms with E-state index in [2.05, 4.69) is 20.2 Å². The highest BCUT2D eigenvalue weighted by atomic mass is 16.1. The first kappa shape index (κ1) is 13.8. The first-order valence-corrected chi connectivity index (χ1v) is 7.05. The number of anilines is 1. The summed E-state index contributed by atoms with van der Waals surface area (Å²) in [6.07, 6.45) is 4.21. The molecule has 0 unspecified atom stereocenters. The molecule has 1 N–H and O–H groups in total. The summed E-state index contributed by atoms with van der Waals surface area (Å²) in [5.41, 5.74) is 1.84. The van der Waals surface area contributed by atoms with Crippen LogP contribution in [-0.4, -0.2) is 29.0 Å². The maximum Gasteiger partial charge on any atom is 0.225 e. The van der Waals surface area contributed by atoms with Gasteiger partial charge in [0.05, 0.1) is 12.2 Å². The molecule has 104 valence electrons. The number of aryl methyl sites for hydroxylation is 1. The van der Waals surface area contributed by atoms with Gasteiger partial charge in [-0.25, -0.2) is 9.97 Å². The van der Waals surface area contributed by atoms with Crippen molar-refractivity contribution in [1.29, 1.82) is 0 Å². The van der Waals surface area contributed by atoms with E-state index in [9.17, 15) is 4.79 Å². The molecule has 19 heavy (non-hydrogen) atoms. The zero-order chi connectivity index (χ0) is 13.7. The first-order valence-electron chi connectivity index (χ1n) is 7.05. The number of aromatic nitrogens is 2. The Kier molecular flexibility index (Phi) is 4.71. The van der Waals surface area contributed by atoms with E-state index < -0.39 is 0 Å². The molecule has 0 aromatic carbocycles. The summed E-state index contributed by atoms with van der Waals surface area (Å²) < 4.78 is 0. The average Bonchev–Trinajstić information content (AvgIpc) is 2.45. The lowest BCUT2D eigenvalue weighted by Gasteiger charge is -2.27. The van der Waals surface area contributed by atoms with E-state index in [0.717, 1.165) is 30.4 Å². The van der Waals surface area contributed by atoms with Gasteiger partial charge in [0, 0.05) is 25.2 Å². The van der Waals surface area contributed by atoms with Crippen molar-refractivity contribution in [3.63, 3.8) is 0 Å². The number of piperidine rings is 1. The Balaban J connectivity index is 2.07. The third-order valence-electron chi connectivity index (χ3n) is 3.32. The van der Waals surface area contributed by atoms with E-state index in [0.29, 0.717) is 13.0 Å². The molecule has 5 nitrogen and oxygen atoms in total. The van der Waals surface area contributed by atoms with Crippen LogP contribution in [0.5, 0.6) is 0 Å². The number of hydrogen-bond acceptors (Lipinski definition) is 4. The van der Waals surface area contributed by atoms with E-state index in [1.807, 2.05) is 19.9 Å². The van der Waals surface area contributed by atoms with E-state index in [1.54, 1.807) is 0 Å². The topological polar surface area (TPSA) is 58.1 Å². The minimum atomic E-state index is 0.0517. The normalized spacial score (nSPS) is 15.4. The summed E-state index contributed by atoms with van der Waals surface area (Å²) in [4.78, 5) is 22.6. The van der Waals surface area contributed by atoms with Crippen molar-refractivity contribution in [3.8, 4) is 0 Å². The molecule has 2 rings (SSSR count). The van der Waals surface area contributed by atoms with Crippen LogP contribution in [0.1, 0.15) is 44.0 Å². The minimum Gasteiger partial charge on any atom is -0.350 e. The lowest BCUT2D eigenvalue weighted by atomic mass is 10.1. The number of nitrogens with zero attached hydrogens (tertiary/aromatic N) is 3. The van der Waals surface area contributed by atoms with Crippen molar-refractivity contribution in [1.82, 2.24) is 15.3 Å². The lowest BCUT2D eigenvalue weighted by Crippen LogP contribution is -2.31. The first-order chi connectivity index (χ1) is 9.19. The second kappa shape index (κ2) is 6.50. The fraction of sp³-hybridized carbons (Fsp3) is 0.643. The maximum atomic E-state index is 11.3. The van der Waals surface area contributed by atoms with Crippen LogP contribution in [0.2, 0.25) is 0 Å². The lowest BCUT2D eigenvalue weighted by molar-refractivity contribution is -0.120. The molecular formula is C14H22N4O. The van der Waals surface area contributed by atoms with Gasteiger partial charge in [0.2, 0.25) is 11.9 Å². The molecule has 1 saturated heterocycles. The fourth-order valence-electron chi connectivity index (χ4n) is 2.26. The molecule has 0 saturated carbocycles. The largest absolute Gasteiger partial charge is 0.350 e. The number of carbonyl (C=O) groups excluding carboxylic acids is 1. The van der Waals surface area contributed by atoms with Crippen LogP contribution in [0, 0.1) is 6.92 Å². The average molecular weight is 262 g/mol. The minimum absolute atomic E-state index is 0.0517. The molecule has 1 aromatic heterocycles. The van der Waals surface area contributed by atoms with Crippen LogP contribution >= 0.6 is 0 Å². The summed E-state index contributed by atoms with van der Waals surface area (Å²) >= 11 is 0. The third kappa shape index (κ3) is 3.91. The predicted octanol–water partition coefficient (Wildman–Crippen LogP) is 1.80. The zero-order valence-corrected chi connectivity index (χ0v) is 11.8. The van der Waals surface area contributed by atoms with Crippen molar-refractivity contribution >= 4 is 11.9 Å². The number of carbonyl (C=O) groups is 1. The van der Waals surface area contributed by atoms with Crippen LogP contribution < -0.4 is 10.2 Å². The van der Waals surface area contributed by atoms with Crippen molar-refractivity contribution in [2.24, 2.45) is 0 Å². The Bertz CT molecular complexity index is 441. The molecule has 1 aromatic rings. The highest BCUT2D eigenvalue weighted by molar-refractivity contribution is 5.75. The quantitative estimate of drug-likeness (QED) is 0.899. The molecule has 0 atom stereocenters. The number of rotatable bonds is 4. The molecule has 1 aliphatic rings. The Labute approximate surface area is 114 Å². The van der Waals surface area contributed by atoms with Gasteiger partial charge in [-0.05, 0) is 32.3 Å². The predicted molar refractivity (Wildman–Crippen MR) is 75.0 cm³/mol. The van der Waals surface area contributed by atoms with Gasteiger partial charge in [-0.2, -0.15) is 0 Å². The standard InChI is InChI=1S/C14H22N4O/c1-3-13(19)15-10-12-9-11(2)16-14(17-12)18-7-5-4-6-8-18/h9H,3-8,10H2,1-2H3,(H,15,19).